The second-order valence-corrected chi connectivity index (χ2v) is 5.96. The molecule has 152 valence electrons. The summed E-state index contributed by atoms with van der Waals surface area (Å²) in [6.45, 7) is 7.03. The maximum absolute atomic E-state index is 13.6. The maximum Gasteiger partial charge on any atom is 0.409 e. The summed E-state index contributed by atoms with van der Waals surface area (Å²) in [5, 5.41) is 3.24. The van der Waals surface area contributed by atoms with Gasteiger partial charge in [0.15, 0.2) is 17.5 Å². The first-order valence-electron chi connectivity index (χ1n) is 8.83. The number of benzene rings is 1. The molecule has 1 N–H and O–H groups in total. The molecule has 1 atom stereocenters. The Balaban J connectivity index is 0.00000364. The van der Waals surface area contributed by atoms with E-state index in [9.17, 15) is 9.18 Å². The maximum atomic E-state index is 13.6. The van der Waals surface area contributed by atoms with Gasteiger partial charge in [-0.1, -0.05) is 12.1 Å². The van der Waals surface area contributed by atoms with Crippen LogP contribution in [0, 0.1) is 5.82 Å². The number of halogens is 2. The fourth-order valence-electron chi connectivity index (χ4n) is 2.68. The number of piperazine rings is 1. The van der Waals surface area contributed by atoms with Crippen molar-refractivity contribution in [3.8, 4) is 5.75 Å². The number of guanidine groups is 1. The number of carbonyl (C=O) groups excluding carboxylic acids is 1. The fraction of sp³-hybridized carbons (Fsp3) is 0.556. The number of aliphatic imine (C=N–C) groups is 1. The van der Waals surface area contributed by atoms with Crippen molar-refractivity contribution in [1.29, 1.82) is 0 Å². The van der Waals surface area contributed by atoms with E-state index in [0.29, 0.717) is 39.3 Å². The minimum Gasteiger partial charge on any atom is -0.486 e. The number of nitrogens with one attached hydrogen (secondary N) is 1. The molecule has 1 aromatic rings. The minimum atomic E-state index is -0.376. The zero-order chi connectivity index (χ0) is 18.9. The standard InChI is InChI=1S/C18H27FN4O3.HI/c1-4-25-18(24)23-11-9-22(10-12-23)17(20-3)21-13-14(2)26-16-8-6-5-7-15(16)19;/h5-8,14H,4,9-13H2,1-3H3,(H,20,21);1H. The SMILES string of the molecule is CCOC(=O)N1CCN(C(=NC)NCC(C)Oc2ccccc2F)CC1.I. The number of para-hydroxylation sites is 1. The highest BCUT2D eigenvalue weighted by Gasteiger charge is 2.23. The van der Waals surface area contributed by atoms with Crippen LogP contribution in [0.25, 0.3) is 0 Å². The van der Waals surface area contributed by atoms with E-state index in [4.69, 9.17) is 9.47 Å². The highest BCUT2D eigenvalue weighted by molar-refractivity contribution is 14.0. The van der Waals surface area contributed by atoms with Crippen molar-refractivity contribution in [2.75, 3.05) is 46.4 Å². The first kappa shape index (κ1) is 23.3. The average molecular weight is 494 g/mol. The smallest absolute Gasteiger partial charge is 0.409 e. The van der Waals surface area contributed by atoms with Gasteiger partial charge in [-0.3, -0.25) is 4.99 Å². The Morgan fingerprint density at radius 3 is 2.48 bits per heavy atom. The zero-order valence-corrected chi connectivity index (χ0v) is 18.3. The predicted octanol–water partition coefficient (Wildman–Crippen LogP) is 2.56. The molecule has 1 aromatic carbocycles. The van der Waals surface area contributed by atoms with Gasteiger partial charge in [0.05, 0.1) is 13.2 Å². The third kappa shape index (κ3) is 7.04. The van der Waals surface area contributed by atoms with Crippen LogP contribution in [0.3, 0.4) is 0 Å². The Bertz CT molecular complexity index is 624. The van der Waals surface area contributed by atoms with E-state index in [1.807, 2.05) is 6.92 Å². The largest absolute Gasteiger partial charge is 0.486 e. The summed E-state index contributed by atoms with van der Waals surface area (Å²) in [7, 11) is 1.71. The Morgan fingerprint density at radius 2 is 1.89 bits per heavy atom. The van der Waals surface area contributed by atoms with Crippen molar-refractivity contribution < 1.29 is 18.7 Å². The van der Waals surface area contributed by atoms with Crippen molar-refractivity contribution in [3.05, 3.63) is 30.1 Å². The van der Waals surface area contributed by atoms with Crippen molar-refractivity contribution in [3.63, 3.8) is 0 Å². The summed E-state index contributed by atoms with van der Waals surface area (Å²) >= 11 is 0. The minimum absolute atomic E-state index is 0. The van der Waals surface area contributed by atoms with Gasteiger partial charge >= 0.3 is 6.09 Å². The van der Waals surface area contributed by atoms with Crippen LogP contribution in [0.2, 0.25) is 0 Å². The Labute approximate surface area is 176 Å². The van der Waals surface area contributed by atoms with Gasteiger partial charge in [-0.25, -0.2) is 9.18 Å². The van der Waals surface area contributed by atoms with Gasteiger partial charge in [-0.05, 0) is 26.0 Å². The molecule has 2 rings (SSSR count). The topological polar surface area (TPSA) is 66.4 Å². The van der Waals surface area contributed by atoms with Crippen LogP contribution >= 0.6 is 24.0 Å². The number of hydrogen-bond donors (Lipinski definition) is 1. The van der Waals surface area contributed by atoms with E-state index >= 15 is 0 Å². The molecule has 1 amide bonds. The third-order valence-electron chi connectivity index (χ3n) is 4.03. The van der Waals surface area contributed by atoms with E-state index in [2.05, 4.69) is 15.2 Å². The lowest BCUT2D eigenvalue weighted by Crippen LogP contribution is -2.54. The summed E-state index contributed by atoms with van der Waals surface area (Å²) in [5.74, 6) is 0.594. The van der Waals surface area contributed by atoms with Gasteiger partial charge in [-0.15, -0.1) is 24.0 Å². The number of carbonyl (C=O) groups is 1. The van der Waals surface area contributed by atoms with Crippen molar-refractivity contribution in [2.45, 2.75) is 20.0 Å². The number of hydrogen-bond acceptors (Lipinski definition) is 4. The van der Waals surface area contributed by atoms with E-state index in [-0.39, 0.29) is 47.7 Å². The lowest BCUT2D eigenvalue weighted by Gasteiger charge is -2.36. The van der Waals surface area contributed by atoms with Crippen molar-refractivity contribution in [2.24, 2.45) is 4.99 Å². The predicted molar refractivity (Wildman–Crippen MR) is 113 cm³/mol. The van der Waals surface area contributed by atoms with Crippen LogP contribution in [-0.2, 0) is 4.74 Å². The quantitative estimate of drug-likeness (QED) is 0.388. The Kier molecular flexibility index (Phi) is 10.2. The lowest BCUT2D eigenvalue weighted by molar-refractivity contribution is 0.0913. The summed E-state index contributed by atoms with van der Waals surface area (Å²) in [5.41, 5.74) is 0. The molecule has 27 heavy (non-hydrogen) atoms. The molecule has 1 aliphatic heterocycles. The molecule has 1 heterocycles. The van der Waals surface area contributed by atoms with Crippen molar-refractivity contribution >= 4 is 36.0 Å². The zero-order valence-electron chi connectivity index (χ0n) is 16.0. The number of ether oxygens (including phenoxy) is 2. The van der Waals surface area contributed by atoms with E-state index < -0.39 is 0 Å². The second-order valence-electron chi connectivity index (χ2n) is 5.96. The number of rotatable bonds is 5. The molecule has 1 aliphatic rings. The van der Waals surface area contributed by atoms with E-state index in [0.717, 1.165) is 5.96 Å². The Morgan fingerprint density at radius 1 is 1.26 bits per heavy atom. The molecule has 1 fully saturated rings. The van der Waals surface area contributed by atoms with Crippen molar-refractivity contribution in [1.82, 2.24) is 15.1 Å². The molecule has 1 saturated heterocycles. The van der Waals surface area contributed by atoms with Gasteiger partial charge in [0, 0.05) is 33.2 Å². The van der Waals surface area contributed by atoms with Crippen LogP contribution in [0.15, 0.2) is 29.3 Å². The van der Waals surface area contributed by atoms with Crippen LogP contribution in [0.4, 0.5) is 9.18 Å². The van der Waals surface area contributed by atoms with E-state index in [1.54, 1.807) is 37.1 Å². The van der Waals surface area contributed by atoms with Crippen LogP contribution in [0.5, 0.6) is 5.75 Å². The Hall–Kier alpha value is -1.78. The molecule has 7 nitrogen and oxygen atoms in total. The first-order chi connectivity index (χ1) is 12.5. The molecule has 9 heteroatoms. The summed E-state index contributed by atoms with van der Waals surface area (Å²) < 4.78 is 24.3. The van der Waals surface area contributed by atoms with Gasteiger partial charge in [-0.2, -0.15) is 0 Å². The molecule has 0 saturated carbocycles. The third-order valence-corrected chi connectivity index (χ3v) is 4.03. The highest BCUT2D eigenvalue weighted by atomic mass is 127. The molecule has 0 radical (unpaired) electrons. The highest BCUT2D eigenvalue weighted by Crippen LogP contribution is 2.16. The van der Waals surface area contributed by atoms with Crippen LogP contribution in [-0.4, -0.2) is 74.3 Å². The molecule has 0 aromatic heterocycles. The van der Waals surface area contributed by atoms with Gasteiger partial charge in [0.25, 0.3) is 0 Å². The molecule has 1 unspecified atom stereocenters. The monoisotopic (exact) mass is 494 g/mol. The van der Waals surface area contributed by atoms with Gasteiger partial charge < -0.3 is 24.6 Å². The molecule has 0 aliphatic carbocycles. The van der Waals surface area contributed by atoms with Gasteiger partial charge in [0.1, 0.15) is 6.10 Å². The molecule has 0 spiro atoms. The lowest BCUT2D eigenvalue weighted by atomic mass is 10.3. The molecular formula is C18H28FIN4O3. The van der Waals surface area contributed by atoms with Gasteiger partial charge in [0.2, 0.25) is 0 Å². The molecule has 0 bridgehead atoms. The summed E-state index contributed by atoms with van der Waals surface area (Å²) in [6, 6.07) is 6.34. The first-order valence-corrected chi connectivity index (χ1v) is 8.83. The van der Waals surface area contributed by atoms with Crippen LogP contribution in [0.1, 0.15) is 13.8 Å². The second kappa shape index (κ2) is 11.8. The molecular weight excluding hydrogens is 466 g/mol. The van der Waals surface area contributed by atoms with Crippen LogP contribution < -0.4 is 10.1 Å². The normalized spacial score (nSPS) is 15.6. The fourth-order valence-corrected chi connectivity index (χ4v) is 2.68. The van der Waals surface area contributed by atoms with E-state index in [1.165, 1.54) is 6.07 Å². The summed E-state index contributed by atoms with van der Waals surface area (Å²) in [4.78, 5) is 19.8. The number of amides is 1. The summed E-state index contributed by atoms with van der Waals surface area (Å²) in [6.07, 6.45) is -0.508. The average Bonchev–Trinajstić information content (AvgIpc) is 2.65. The number of nitrogens with zero attached hydrogens (tertiary/aromatic N) is 3.